The van der Waals surface area contributed by atoms with Gasteiger partial charge >= 0.3 is 0 Å². The van der Waals surface area contributed by atoms with E-state index >= 15 is 0 Å². The normalized spacial score (nSPS) is 14.8. The molecule has 1 aliphatic carbocycles. The Labute approximate surface area is 150 Å². The van der Waals surface area contributed by atoms with Gasteiger partial charge in [0.25, 0.3) is 0 Å². The Hall–Kier alpha value is -2.04. The summed E-state index contributed by atoms with van der Waals surface area (Å²) in [5.74, 6) is -0.668. The molecule has 1 saturated carbocycles. The summed E-state index contributed by atoms with van der Waals surface area (Å²) in [7, 11) is 0. The fourth-order valence-electron chi connectivity index (χ4n) is 2.41. The molecule has 24 heavy (non-hydrogen) atoms. The number of rotatable bonds is 4. The summed E-state index contributed by atoms with van der Waals surface area (Å²) in [6, 6.07) is 12.4. The molecular weight excluding hydrogens is 347 g/mol. The van der Waals surface area contributed by atoms with Crippen LogP contribution in [0, 0.1) is 12.3 Å². The average molecular weight is 363 g/mol. The van der Waals surface area contributed by atoms with Crippen molar-refractivity contribution in [3.05, 3.63) is 58.1 Å². The lowest BCUT2D eigenvalue weighted by atomic mass is 10.0. The van der Waals surface area contributed by atoms with Crippen molar-refractivity contribution in [1.29, 1.82) is 0 Å². The van der Waals surface area contributed by atoms with Crippen LogP contribution >= 0.6 is 23.2 Å². The summed E-state index contributed by atoms with van der Waals surface area (Å²) in [5, 5.41) is 6.14. The Balaban J connectivity index is 1.73. The van der Waals surface area contributed by atoms with Crippen molar-refractivity contribution in [2.24, 2.45) is 5.41 Å². The van der Waals surface area contributed by atoms with Gasteiger partial charge in [0.2, 0.25) is 11.8 Å². The van der Waals surface area contributed by atoms with Gasteiger partial charge in [0.05, 0.1) is 15.7 Å². The molecule has 2 N–H and O–H groups in total. The van der Waals surface area contributed by atoms with Gasteiger partial charge in [-0.15, -0.1) is 0 Å². The highest BCUT2D eigenvalue weighted by molar-refractivity contribution is 6.44. The number of hydrogen-bond acceptors (Lipinski definition) is 2. The van der Waals surface area contributed by atoms with Crippen LogP contribution in [0.4, 0.5) is 11.4 Å². The van der Waals surface area contributed by atoms with E-state index in [9.17, 15) is 9.59 Å². The fourth-order valence-corrected chi connectivity index (χ4v) is 2.76. The van der Waals surface area contributed by atoms with Gasteiger partial charge in [0.15, 0.2) is 0 Å². The molecule has 6 heteroatoms. The minimum absolute atomic E-state index is 0.266. The van der Waals surface area contributed by atoms with E-state index in [4.69, 9.17) is 23.2 Å². The number of nitrogens with one attached hydrogen (secondary N) is 2. The standard InChI is InChI=1S/C18H16Cl2N2O2/c1-11-5-7-12(8-6-11)21-16(23)18(9-10-18)17(24)22-14-4-2-3-13(19)15(14)20/h2-8H,9-10H2,1H3,(H,21,23)(H,22,24). The predicted molar refractivity (Wildman–Crippen MR) is 96.6 cm³/mol. The molecule has 2 aromatic carbocycles. The molecule has 1 aliphatic rings. The Morgan fingerprint density at radius 2 is 1.58 bits per heavy atom. The Bertz CT molecular complexity index is 799. The largest absolute Gasteiger partial charge is 0.325 e. The Kier molecular flexibility index (Phi) is 4.52. The number of anilines is 2. The topological polar surface area (TPSA) is 58.2 Å². The molecule has 0 heterocycles. The van der Waals surface area contributed by atoms with Crippen LogP contribution in [-0.4, -0.2) is 11.8 Å². The number of amides is 2. The van der Waals surface area contributed by atoms with E-state index in [1.807, 2.05) is 31.2 Å². The molecule has 124 valence electrons. The van der Waals surface area contributed by atoms with Crippen LogP contribution in [0.3, 0.4) is 0 Å². The van der Waals surface area contributed by atoms with E-state index in [1.54, 1.807) is 18.2 Å². The predicted octanol–water partition coefficient (Wildman–Crippen LogP) is 4.66. The van der Waals surface area contributed by atoms with E-state index in [0.29, 0.717) is 29.2 Å². The number of hydrogen-bond donors (Lipinski definition) is 2. The van der Waals surface area contributed by atoms with Crippen molar-refractivity contribution in [3.8, 4) is 0 Å². The summed E-state index contributed by atoms with van der Waals surface area (Å²) < 4.78 is 0. The molecule has 1 fully saturated rings. The van der Waals surface area contributed by atoms with E-state index in [1.165, 1.54) is 0 Å². The summed E-state index contributed by atoms with van der Waals surface area (Å²) in [6.07, 6.45) is 1.02. The first-order valence-corrected chi connectivity index (χ1v) is 8.31. The molecule has 4 nitrogen and oxygen atoms in total. The molecule has 0 unspecified atom stereocenters. The number of carbonyl (C=O) groups excluding carboxylic acids is 2. The molecular formula is C18H16Cl2N2O2. The number of aryl methyl sites for hydroxylation is 1. The van der Waals surface area contributed by atoms with E-state index in [-0.39, 0.29) is 16.8 Å². The van der Waals surface area contributed by atoms with Crippen molar-refractivity contribution >= 4 is 46.4 Å². The van der Waals surface area contributed by atoms with Crippen molar-refractivity contribution in [2.75, 3.05) is 10.6 Å². The zero-order valence-electron chi connectivity index (χ0n) is 13.0. The quantitative estimate of drug-likeness (QED) is 0.777. The molecule has 2 amide bonds. The summed E-state index contributed by atoms with van der Waals surface area (Å²) in [5.41, 5.74) is 1.13. The van der Waals surface area contributed by atoms with Crippen molar-refractivity contribution < 1.29 is 9.59 Å². The minimum atomic E-state index is -1.05. The smallest absolute Gasteiger partial charge is 0.240 e. The third-order valence-electron chi connectivity index (χ3n) is 4.13. The lowest BCUT2D eigenvalue weighted by Crippen LogP contribution is -2.35. The van der Waals surface area contributed by atoms with Gasteiger partial charge in [-0.1, -0.05) is 47.0 Å². The first kappa shape index (κ1) is 16.8. The highest BCUT2D eigenvalue weighted by atomic mass is 35.5. The van der Waals surface area contributed by atoms with Crippen LogP contribution in [0.25, 0.3) is 0 Å². The van der Waals surface area contributed by atoms with Gasteiger partial charge in [-0.2, -0.15) is 0 Å². The second kappa shape index (κ2) is 6.46. The third-order valence-corrected chi connectivity index (χ3v) is 4.95. The van der Waals surface area contributed by atoms with Gasteiger partial charge in [-0.3, -0.25) is 9.59 Å². The maximum absolute atomic E-state index is 12.6. The monoisotopic (exact) mass is 362 g/mol. The zero-order chi connectivity index (χ0) is 17.3. The Morgan fingerprint density at radius 3 is 2.21 bits per heavy atom. The molecule has 0 radical (unpaired) electrons. The first-order chi connectivity index (χ1) is 11.4. The van der Waals surface area contributed by atoms with Gasteiger partial charge in [0.1, 0.15) is 5.41 Å². The molecule has 2 aromatic rings. The van der Waals surface area contributed by atoms with Crippen LogP contribution in [0.5, 0.6) is 0 Å². The third kappa shape index (κ3) is 3.25. The van der Waals surface area contributed by atoms with Crippen LogP contribution in [0.1, 0.15) is 18.4 Å². The van der Waals surface area contributed by atoms with Crippen molar-refractivity contribution in [2.45, 2.75) is 19.8 Å². The maximum atomic E-state index is 12.6. The molecule has 0 aromatic heterocycles. The van der Waals surface area contributed by atoms with Gasteiger partial charge in [-0.05, 0) is 44.0 Å². The van der Waals surface area contributed by atoms with E-state index in [0.717, 1.165) is 5.56 Å². The SMILES string of the molecule is Cc1ccc(NC(=O)C2(C(=O)Nc3cccc(Cl)c3Cl)CC2)cc1. The van der Waals surface area contributed by atoms with Crippen LogP contribution in [-0.2, 0) is 9.59 Å². The maximum Gasteiger partial charge on any atom is 0.240 e. The molecule has 0 bridgehead atoms. The molecule has 0 atom stereocenters. The van der Waals surface area contributed by atoms with Crippen LogP contribution in [0.15, 0.2) is 42.5 Å². The van der Waals surface area contributed by atoms with Crippen molar-refractivity contribution in [1.82, 2.24) is 0 Å². The second-order valence-electron chi connectivity index (χ2n) is 5.96. The fraction of sp³-hybridized carbons (Fsp3) is 0.222. The van der Waals surface area contributed by atoms with Gasteiger partial charge in [0, 0.05) is 5.69 Å². The molecule has 0 spiro atoms. The molecule has 0 aliphatic heterocycles. The van der Waals surface area contributed by atoms with Crippen molar-refractivity contribution in [3.63, 3.8) is 0 Å². The minimum Gasteiger partial charge on any atom is -0.325 e. The molecule has 3 rings (SSSR count). The number of carbonyl (C=O) groups is 2. The van der Waals surface area contributed by atoms with Gasteiger partial charge in [-0.25, -0.2) is 0 Å². The highest BCUT2D eigenvalue weighted by Crippen LogP contribution is 2.48. The summed E-state index contributed by atoms with van der Waals surface area (Å²) in [6.45, 7) is 1.97. The lowest BCUT2D eigenvalue weighted by molar-refractivity contribution is -0.131. The summed E-state index contributed by atoms with van der Waals surface area (Å²) >= 11 is 12.0. The Morgan fingerprint density at radius 1 is 0.958 bits per heavy atom. The first-order valence-electron chi connectivity index (χ1n) is 7.56. The lowest BCUT2D eigenvalue weighted by Gasteiger charge is -2.16. The second-order valence-corrected chi connectivity index (χ2v) is 6.74. The summed E-state index contributed by atoms with van der Waals surface area (Å²) in [4.78, 5) is 25.1. The average Bonchev–Trinajstić information content (AvgIpc) is 3.36. The van der Waals surface area contributed by atoms with Crippen LogP contribution in [0.2, 0.25) is 10.0 Å². The van der Waals surface area contributed by atoms with Crippen LogP contribution < -0.4 is 10.6 Å². The zero-order valence-corrected chi connectivity index (χ0v) is 14.5. The van der Waals surface area contributed by atoms with E-state index in [2.05, 4.69) is 10.6 Å². The molecule has 0 saturated heterocycles. The number of benzene rings is 2. The van der Waals surface area contributed by atoms with E-state index < -0.39 is 5.41 Å². The van der Waals surface area contributed by atoms with Gasteiger partial charge < -0.3 is 10.6 Å². The number of halogens is 2. The highest BCUT2D eigenvalue weighted by Gasteiger charge is 2.56.